The lowest BCUT2D eigenvalue weighted by Crippen LogP contribution is -2.17. The molecule has 0 saturated heterocycles. The molecule has 16 heavy (non-hydrogen) atoms. The van der Waals surface area contributed by atoms with Crippen LogP contribution in [0.25, 0.3) is 0 Å². The van der Waals surface area contributed by atoms with Gasteiger partial charge in [-0.25, -0.2) is 8.78 Å². The Hall–Kier alpha value is -1.43. The Balaban J connectivity index is 2.23. The van der Waals surface area contributed by atoms with Crippen molar-refractivity contribution in [2.24, 2.45) is 5.41 Å². The van der Waals surface area contributed by atoms with E-state index in [9.17, 15) is 14.0 Å². The molecule has 0 aromatic heterocycles. The fourth-order valence-electron chi connectivity index (χ4n) is 2.48. The molecule has 1 aliphatic rings. The number of nitriles is 1. The van der Waals surface area contributed by atoms with Gasteiger partial charge in [0.25, 0.3) is 0 Å². The fourth-order valence-corrected chi connectivity index (χ4v) is 2.48. The maximum atomic E-state index is 13.0. The first-order chi connectivity index (χ1) is 7.63. The molecule has 1 aromatic rings. The van der Waals surface area contributed by atoms with Crippen LogP contribution in [-0.2, 0) is 6.42 Å². The van der Waals surface area contributed by atoms with E-state index in [0.29, 0.717) is 12.0 Å². The highest BCUT2D eigenvalue weighted by atomic mass is 19.1. The number of halogens is 2. The Morgan fingerprint density at radius 1 is 1.12 bits per heavy atom. The summed E-state index contributed by atoms with van der Waals surface area (Å²) in [7, 11) is 0. The van der Waals surface area contributed by atoms with Gasteiger partial charge in [-0.05, 0) is 37.0 Å². The molecule has 3 heteroatoms. The lowest BCUT2D eigenvalue weighted by atomic mass is 9.81. The van der Waals surface area contributed by atoms with Crippen LogP contribution in [0.3, 0.4) is 0 Å². The van der Waals surface area contributed by atoms with Crippen molar-refractivity contribution in [3.63, 3.8) is 0 Å². The zero-order chi connectivity index (χ0) is 11.6. The second-order valence-corrected chi connectivity index (χ2v) is 4.55. The van der Waals surface area contributed by atoms with Gasteiger partial charge in [-0.2, -0.15) is 5.26 Å². The molecule has 1 fully saturated rings. The van der Waals surface area contributed by atoms with Gasteiger partial charge in [0, 0.05) is 6.07 Å². The van der Waals surface area contributed by atoms with E-state index in [-0.39, 0.29) is 0 Å². The number of benzene rings is 1. The number of hydrogen-bond acceptors (Lipinski definition) is 1. The van der Waals surface area contributed by atoms with Gasteiger partial charge < -0.3 is 0 Å². The second-order valence-electron chi connectivity index (χ2n) is 4.55. The average molecular weight is 221 g/mol. The van der Waals surface area contributed by atoms with Crippen molar-refractivity contribution in [1.29, 1.82) is 5.26 Å². The van der Waals surface area contributed by atoms with E-state index in [2.05, 4.69) is 6.07 Å². The van der Waals surface area contributed by atoms with Crippen molar-refractivity contribution in [2.45, 2.75) is 32.1 Å². The molecule has 0 N–H and O–H groups in total. The lowest BCUT2D eigenvalue weighted by Gasteiger charge is -2.19. The van der Waals surface area contributed by atoms with E-state index in [1.54, 1.807) is 0 Å². The van der Waals surface area contributed by atoms with Crippen LogP contribution in [-0.4, -0.2) is 0 Å². The van der Waals surface area contributed by atoms with E-state index in [0.717, 1.165) is 31.7 Å². The molecule has 1 saturated carbocycles. The summed E-state index contributed by atoms with van der Waals surface area (Å²) in [5.41, 5.74) is 0.182. The lowest BCUT2D eigenvalue weighted by molar-refractivity contribution is 0.406. The predicted octanol–water partition coefficient (Wildman–Crippen LogP) is 3.59. The summed E-state index contributed by atoms with van der Waals surface area (Å²) in [5.74, 6) is -1.14. The minimum absolute atomic E-state index is 0.403. The van der Waals surface area contributed by atoms with Crippen LogP contribution in [0.4, 0.5) is 8.78 Å². The highest BCUT2D eigenvalue weighted by Gasteiger charge is 2.34. The van der Waals surface area contributed by atoms with Gasteiger partial charge >= 0.3 is 0 Å². The Morgan fingerprint density at radius 2 is 1.69 bits per heavy atom. The summed E-state index contributed by atoms with van der Waals surface area (Å²) in [6.07, 6.45) is 4.19. The molecular weight excluding hydrogens is 208 g/mol. The van der Waals surface area contributed by atoms with Crippen LogP contribution in [0.5, 0.6) is 0 Å². The molecule has 1 aromatic carbocycles. The maximum Gasteiger partial charge on any atom is 0.126 e. The van der Waals surface area contributed by atoms with Crippen LogP contribution < -0.4 is 0 Å². The molecule has 0 amide bonds. The number of nitrogens with zero attached hydrogens (tertiary/aromatic N) is 1. The van der Waals surface area contributed by atoms with E-state index in [4.69, 9.17) is 0 Å². The van der Waals surface area contributed by atoms with Crippen LogP contribution >= 0.6 is 0 Å². The SMILES string of the molecule is N#CC1(Cc2cc(F)cc(F)c2)CCCC1. The predicted molar refractivity (Wildman–Crippen MR) is 56.6 cm³/mol. The van der Waals surface area contributed by atoms with Crippen molar-refractivity contribution in [2.75, 3.05) is 0 Å². The van der Waals surface area contributed by atoms with Crippen molar-refractivity contribution in [3.8, 4) is 6.07 Å². The topological polar surface area (TPSA) is 23.8 Å². The van der Waals surface area contributed by atoms with E-state index in [1.807, 2.05) is 0 Å². The Morgan fingerprint density at radius 3 is 2.19 bits per heavy atom. The molecular formula is C13H13F2N. The van der Waals surface area contributed by atoms with E-state index >= 15 is 0 Å². The molecule has 0 atom stereocenters. The van der Waals surface area contributed by atoms with Crippen molar-refractivity contribution in [1.82, 2.24) is 0 Å². The summed E-state index contributed by atoms with van der Waals surface area (Å²) >= 11 is 0. The zero-order valence-corrected chi connectivity index (χ0v) is 8.97. The molecule has 0 radical (unpaired) electrons. The summed E-state index contributed by atoms with van der Waals surface area (Å²) < 4.78 is 26.0. The average Bonchev–Trinajstić information content (AvgIpc) is 2.65. The molecule has 1 aliphatic carbocycles. The van der Waals surface area contributed by atoms with Crippen LogP contribution in [0, 0.1) is 28.4 Å². The summed E-state index contributed by atoms with van der Waals surface area (Å²) in [4.78, 5) is 0. The smallest absolute Gasteiger partial charge is 0.126 e. The normalized spacial score (nSPS) is 18.3. The van der Waals surface area contributed by atoms with E-state index < -0.39 is 17.0 Å². The van der Waals surface area contributed by atoms with Gasteiger partial charge in [0.1, 0.15) is 11.6 Å². The summed E-state index contributed by atoms with van der Waals surface area (Å²) in [6, 6.07) is 5.82. The van der Waals surface area contributed by atoms with Crippen molar-refractivity contribution < 1.29 is 8.78 Å². The first-order valence-corrected chi connectivity index (χ1v) is 5.50. The standard InChI is InChI=1S/C13H13F2N/c14-11-5-10(6-12(15)7-11)8-13(9-16)3-1-2-4-13/h5-7H,1-4,8H2. The minimum Gasteiger partial charge on any atom is -0.207 e. The molecule has 0 unspecified atom stereocenters. The zero-order valence-electron chi connectivity index (χ0n) is 8.97. The minimum atomic E-state index is -0.568. The summed E-state index contributed by atoms with van der Waals surface area (Å²) in [6.45, 7) is 0. The third kappa shape index (κ3) is 2.21. The molecule has 1 nitrogen and oxygen atoms in total. The first-order valence-electron chi connectivity index (χ1n) is 5.50. The number of hydrogen-bond donors (Lipinski definition) is 0. The third-order valence-electron chi connectivity index (χ3n) is 3.26. The second kappa shape index (κ2) is 4.21. The van der Waals surface area contributed by atoms with Crippen LogP contribution in [0.2, 0.25) is 0 Å². The van der Waals surface area contributed by atoms with Crippen molar-refractivity contribution in [3.05, 3.63) is 35.4 Å². The monoisotopic (exact) mass is 221 g/mol. The third-order valence-corrected chi connectivity index (χ3v) is 3.26. The van der Waals surface area contributed by atoms with Gasteiger partial charge in [-0.3, -0.25) is 0 Å². The van der Waals surface area contributed by atoms with Gasteiger partial charge in [-0.1, -0.05) is 12.8 Å². The molecule has 0 aliphatic heterocycles. The molecule has 0 bridgehead atoms. The van der Waals surface area contributed by atoms with Gasteiger partial charge in [0.2, 0.25) is 0 Å². The highest BCUT2D eigenvalue weighted by molar-refractivity contribution is 5.22. The molecule has 0 spiro atoms. The molecule has 84 valence electrons. The number of rotatable bonds is 2. The largest absolute Gasteiger partial charge is 0.207 e. The molecule has 0 heterocycles. The van der Waals surface area contributed by atoms with Gasteiger partial charge in [0.05, 0.1) is 11.5 Å². The Labute approximate surface area is 93.7 Å². The van der Waals surface area contributed by atoms with Gasteiger partial charge in [-0.15, -0.1) is 0 Å². The fraction of sp³-hybridized carbons (Fsp3) is 0.462. The summed E-state index contributed by atoms with van der Waals surface area (Å²) in [5, 5.41) is 9.18. The quantitative estimate of drug-likeness (QED) is 0.748. The first kappa shape index (κ1) is 11.1. The molecule has 2 rings (SSSR count). The van der Waals surface area contributed by atoms with Crippen LogP contribution in [0.15, 0.2) is 18.2 Å². The highest BCUT2D eigenvalue weighted by Crippen LogP contribution is 2.40. The van der Waals surface area contributed by atoms with Crippen LogP contribution in [0.1, 0.15) is 31.2 Å². The van der Waals surface area contributed by atoms with E-state index in [1.165, 1.54) is 12.1 Å². The Bertz CT molecular complexity index is 408. The van der Waals surface area contributed by atoms with Crippen molar-refractivity contribution >= 4 is 0 Å². The Kier molecular flexibility index (Phi) is 2.91. The van der Waals surface area contributed by atoms with Gasteiger partial charge in [0.15, 0.2) is 0 Å². The maximum absolute atomic E-state index is 13.0.